The Morgan fingerprint density at radius 3 is 2.56 bits per heavy atom. The minimum Gasteiger partial charge on any atom is -0.312 e. The maximum atomic E-state index is 11.8. The normalized spacial score (nSPS) is 11.8. The van der Waals surface area contributed by atoms with Crippen molar-refractivity contribution in [1.82, 2.24) is 5.32 Å². The quantitative estimate of drug-likeness (QED) is 0.823. The largest absolute Gasteiger partial charge is 0.390 e. The second-order valence-electron chi connectivity index (χ2n) is 3.29. The fourth-order valence-corrected chi connectivity index (χ4v) is 1.66. The van der Waals surface area contributed by atoms with Crippen LogP contribution in [0, 0.1) is 0 Å². The first-order valence-corrected chi connectivity index (χ1v) is 5.77. The van der Waals surface area contributed by atoms with Gasteiger partial charge in [0, 0.05) is 17.6 Å². The maximum Gasteiger partial charge on any atom is 0.390 e. The summed E-state index contributed by atoms with van der Waals surface area (Å²) >= 11 is 9.03. The zero-order chi connectivity index (χ0) is 12.2. The molecule has 0 atom stereocenters. The van der Waals surface area contributed by atoms with Gasteiger partial charge in [0.25, 0.3) is 0 Å². The molecule has 6 heteroatoms. The van der Waals surface area contributed by atoms with Crippen molar-refractivity contribution >= 4 is 27.5 Å². The SMILES string of the molecule is FC(F)(F)CCNCc1ccc(Cl)c(Br)c1. The molecule has 1 N–H and O–H groups in total. The number of rotatable bonds is 4. The summed E-state index contributed by atoms with van der Waals surface area (Å²) in [5, 5.41) is 3.30. The van der Waals surface area contributed by atoms with Gasteiger partial charge in [-0.05, 0) is 33.6 Å². The summed E-state index contributed by atoms with van der Waals surface area (Å²) in [6, 6.07) is 5.25. The van der Waals surface area contributed by atoms with Gasteiger partial charge in [-0.25, -0.2) is 0 Å². The third-order valence-electron chi connectivity index (χ3n) is 1.90. The Morgan fingerprint density at radius 1 is 1.31 bits per heavy atom. The van der Waals surface area contributed by atoms with E-state index in [1.165, 1.54) is 0 Å². The molecule has 1 nitrogen and oxygen atoms in total. The molecule has 0 radical (unpaired) electrons. The van der Waals surface area contributed by atoms with E-state index in [4.69, 9.17) is 11.6 Å². The highest BCUT2D eigenvalue weighted by Crippen LogP contribution is 2.23. The number of hydrogen-bond donors (Lipinski definition) is 1. The van der Waals surface area contributed by atoms with E-state index in [-0.39, 0.29) is 6.54 Å². The third-order valence-corrected chi connectivity index (χ3v) is 3.11. The van der Waals surface area contributed by atoms with E-state index < -0.39 is 12.6 Å². The molecule has 0 spiro atoms. The molecule has 0 heterocycles. The molecule has 1 aromatic rings. The van der Waals surface area contributed by atoms with Gasteiger partial charge in [-0.2, -0.15) is 13.2 Å². The fraction of sp³-hybridized carbons (Fsp3) is 0.400. The molecule has 90 valence electrons. The van der Waals surface area contributed by atoms with E-state index in [0.29, 0.717) is 11.6 Å². The summed E-state index contributed by atoms with van der Waals surface area (Å²) in [5.41, 5.74) is 0.887. The van der Waals surface area contributed by atoms with E-state index in [2.05, 4.69) is 21.2 Å². The number of hydrogen-bond acceptors (Lipinski definition) is 1. The maximum absolute atomic E-state index is 11.8. The summed E-state index contributed by atoms with van der Waals surface area (Å²) in [6.45, 7) is 0.315. The van der Waals surface area contributed by atoms with Gasteiger partial charge in [0.05, 0.1) is 11.4 Å². The Hall–Kier alpha value is -0.260. The zero-order valence-electron chi connectivity index (χ0n) is 8.24. The van der Waals surface area contributed by atoms with Gasteiger partial charge in [0.15, 0.2) is 0 Å². The molecule has 0 fully saturated rings. The smallest absolute Gasteiger partial charge is 0.312 e. The molecule has 0 aliphatic rings. The summed E-state index contributed by atoms with van der Waals surface area (Å²) < 4.78 is 36.2. The first-order chi connectivity index (χ1) is 7.38. The minimum atomic E-state index is -4.10. The van der Waals surface area contributed by atoms with Gasteiger partial charge >= 0.3 is 6.18 Å². The van der Waals surface area contributed by atoms with Crippen LogP contribution >= 0.6 is 27.5 Å². The standard InChI is InChI=1S/C10H10BrClF3N/c11-8-5-7(1-2-9(8)12)6-16-4-3-10(13,14)15/h1-2,5,16H,3-4,6H2. The number of halogens is 5. The van der Waals surface area contributed by atoms with Crippen LogP contribution in [0.3, 0.4) is 0 Å². The molecule has 0 aromatic heterocycles. The zero-order valence-corrected chi connectivity index (χ0v) is 10.6. The van der Waals surface area contributed by atoms with Crippen LogP contribution in [0.25, 0.3) is 0 Å². The van der Waals surface area contributed by atoms with Crippen molar-refractivity contribution in [2.24, 2.45) is 0 Å². The number of nitrogens with one attached hydrogen (secondary N) is 1. The molecule has 0 saturated carbocycles. The lowest BCUT2D eigenvalue weighted by molar-refractivity contribution is -0.133. The molecule has 0 aliphatic carbocycles. The van der Waals surface area contributed by atoms with Crippen LogP contribution in [0.2, 0.25) is 5.02 Å². The lowest BCUT2D eigenvalue weighted by Crippen LogP contribution is -2.21. The third kappa shape index (κ3) is 5.18. The predicted molar refractivity (Wildman–Crippen MR) is 61.5 cm³/mol. The molecule has 0 amide bonds. The van der Waals surface area contributed by atoms with E-state index in [9.17, 15) is 13.2 Å². The van der Waals surface area contributed by atoms with Crippen LogP contribution in [-0.4, -0.2) is 12.7 Å². The van der Waals surface area contributed by atoms with E-state index in [1.807, 2.05) is 0 Å². The van der Waals surface area contributed by atoms with E-state index in [1.54, 1.807) is 18.2 Å². The van der Waals surface area contributed by atoms with Crippen LogP contribution < -0.4 is 5.32 Å². The molecule has 0 unspecified atom stereocenters. The second-order valence-corrected chi connectivity index (χ2v) is 4.55. The highest BCUT2D eigenvalue weighted by molar-refractivity contribution is 9.10. The number of alkyl halides is 3. The van der Waals surface area contributed by atoms with Crippen molar-refractivity contribution in [3.05, 3.63) is 33.3 Å². The molecule has 1 aromatic carbocycles. The highest BCUT2D eigenvalue weighted by atomic mass is 79.9. The highest BCUT2D eigenvalue weighted by Gasteiger charge is 2.25. The molecule has 0 aliphatic heterocycles. The van der Waals surface area contributed by atoms with Gasteiger partial charge in [-0.1, -0.05) is 17.7 Å². The average molecular weight is 317 g/mol. The van der Waals surface area contributed by atoms with Crippen molar-refractivity contribution in [1.29, 1.82) is 0 Å². The Bertz CT molecular complexity index is 354. The second kappa shape index (κ2) is 5.89. The van der Waals surface area contributed by atoms with Crippen LogP contribution in [0.4, 0.5) is 13.2 Å². The van der Waals surface area contributed by atoms with Gasteiger partial charge in [-0.15, -0.1) is 0 Å². The lowest BCUT2D eigenvalue weighted by Gasteiger charge is -2.08. The van der Waals surface area contributed by atoms with Crippen molar-refractivity contribution in [3.63, 3.8) is 0 Å². The van der Waals surface area contributed by atoms with Crippen LogP contribution in [0.5, 0.6) is 0 Å². The van der Waals surface area contributed by atoms with Crippen LogP contribution in [0.15, 0.2) is 22.7 Å². The topological polar surface area (TPSA) is 12.0 Å². The summed E-state index contributed by atoms with van der Waals surface area (Å²) in [7, 11) is 0. The molecular formula is C10H10BrClF3N. The fourth-order valence-electron chi connectivity index (χ4n) is 1.11. The summed E-state index contributed by atoms with van der Waals surface area (Å²) in [6.07, 6.45) is -4.92. The lowest BCUT2D eigenvalue weighted by atomic mass is 10.2. The van der Waals surface area contributed by atoms with Crippen LogP contribution in [0.1, 0.15) is 12.0 Å². The Morgan fingerprint density at radius 2 is 2.00 bits per heavy atom. The van der Waals surface area contributed by atoms with E-state index >= 15 is 0 Å². The molecule has 0 bridgehead atoms. The van der Waals surface area contributed by atoms with Gasteiger partial charge < -0.3 is 5.32 Å². The average Bonchev–Trinajstić information content (AvgIpc) is 2.17. The van der Waals surface area contributed by atoms with Gasteiger partial charge in [-0.3, -0.25) is 0 Å². The van der Waals surface area contributed by atoms with Crippen LogP contribution in [-0.2, 0) is 6.54 Å². The Labute approximate surface area is 105 Å². The predicted octanol–water partition coefficient (Wildman–Crippen LogP) is 4.14. The molecule has 16 heavy (non-hydrogen) atoms. The van der Waals surface area contributed by atoms with Crippen molar-refractivity contribution in [3.8, 4) is 0 Å². The Balaban J connectivity index is 2.35. The Kier molecular flexibility index (Phi) is 5.08. The molecular weight excluding hydrogens is 306 g/mol. The van der Waals surface area contributed by atoms with E-state index in [0.717, 1.165) is 10.0 Å². The molecule has 1 rings (SSSR count). The van der Waals surface area contributed by atoms with Gasteiger partial charge in [0.2, 0.25) is 0 Å². The monoisotopic (exact) mass is 315 g/mol. The molecule has 0 saturated heterocycles. The summed E-state index contributed by atoms with van der Waals surface area (Å²) in [4.78, 5) is 0. The first kappa shape index (κ1) is 13.8. The van der Waals surface area contributed by atoms with Crippen molar-refractivity contribution in [2.45, 2.75) is 19.1 Å². The first-order valence-electron chi connectivity index (χ1n) is 4.60. The van der Waals surface area contributed by atoms with Crippen molar-refractivity contribution < 1.29 is 13.2 Å². The van der Waals surface area contributed by atoms with Crippen molar-refractivity contribution in [2.75, 3.05) is 6.54 Å². The number of benzene rings is 1. The van der Waals surface area contributed by atoms with Gasteiger partial charge in [0.1, 0.15) is 0 Å². The minimum absolute atomic E-state index is 0.0796. The summed E-state index contributed by atoms with van der Waals surface area (Å²) in [5.74, 6) is 0.